The van der Waals surface area contributed by atoms with Crippen LogP contribution in [0.3, 0.4) is 0 Å². The fourth-order valence-electron chi connectivity index (χ4n) is 2.05. The molecule has 0 aliphatic rings. The zero-order chi connectivity index (χ0) is 13.4. The molecule has 19 heavy (non-hydrogen) atoms. The van der Waals surface area contributed by atoms with Gasteiger partial charge in [-0.25, -0.2) is 4.98 Å². The largest absolute Gasteiger partial charge is 0.397 e. The lowest BCUT2D eigenvalue weighted by atomic mass is 10.1. The van der Waals surface area contributed by atoms with E-state index in [-0.39, 0.29) is 0 Å². The van der Waals surface area contributed by atoms with E-state index in [2.05, 4.69) is 9.97 Å². The van der Waals surface area contributed by atoms with E-state index in [9.17, 15) is 5.11 Å². The number of H-pyrrole nitrogens is 1. The Morgan fingerprint density at radius 1 is 1.21 bits per heavy atom. The molecule has 1 unspecified atom stereocenters. The standard InChI is InChI=1S/C14H12ClN3O/c15-9-6-10(16)12-11(7-9)17-14(18-12)13(19)8-4-2-1-3-5-8/h1-7,13,19H,16H2,(H,17,18). The first-order valence-electron chi connectivity index (χ1n) is 5.83. The first kappa shape index (κ1) is 12.0. The maximum Gasteiger partial charge on any atom is 0.140 e. The Balaban J connectivity index is 2.09. The summed E-state index contributed by atoms with van der Waals surface area (Å²) in [6.07, 6.45) is -0.813. The van der Waals surface area contributed by atoms with Crippen molar-refractivity contribution in [3.63, 3.8) is 0 Å². The number of aromatic nitrogens is 2. The lowest BCUT2D eigenvalue weighted by Crippen LogP contribution is -2.01. The molecule has 1 atom stereocenters. The van der Waals surface area contributed by atoms with Crippen molar-refractivity contribution in [2.45, 2.75) is 6.10 Å². The Bertz CT molecular complexity index is 724. The number of nitrogens with zero attached hydrogens (tertiary/aromatic N) is 1. The topological polar surface area (TPSA) is 74.9 Å². The summed E-state index contributed by atoms with van der Waals surface area (Å²) < 4.78 is 0. The van der Waals surface area contributed by atoms with Gasteiger partial charge in [0.05, 0.1) is 11.2 Å². The average molecular weight is 274 g/mol. The number of hydrogen-bond acceptors (Lipinski definition) is 3. The summed E-state index contributed by atoms with van der Waals surface area (Å²) in [7, 11) is 0. The number of nitrogens with two attached hydrogens (primary N) is 1. The molecule has 1 heterocycles. The van der Waals surface area contributed by atoms with E-state index < -0.39 is 6.10 Å². The predicted octanol–water partition coefficient (Wildman–Crippen LogP) is 2.88. The third kappa shape index (κ3) is 2.16. The third-order valence-corrected chi connectivity index (χ3v) is 3.19. The molecule has 0 fully saturated rings. The molecule has 0 radical (unpaired) electrons. The lowest BCUT2D eigenvalue weighted by Gasteiger charge is -2.06. The number of hydrogen-bond donors (Lipinski definition) is 3. The summed E-state index contributed by atoms with van der Waals surface area (Å²) in [6.45, 7) is 0. The van der Waals surface area contributed by atoms with Gasteiger partial charge in [0.1, 0.15) is 17.4 Å². The minimum atomic E-state index is -0.813. The van der Waals surface area contributed by atoms with Gasteiger partial charge in [-0.3, -0.25) is 0 Å². The van der Waals surface area contributed by atoms with Gasteiger partial charge in [0.2, 0.25) is 0 Å². The molecule has 4 nitrogen and oxygen atoms in total. The minimum Gasteiger partial charge on any atom is -0.397 e. The maximum absolute atomic E-state index is 10.3. The van der Waals surface area contributed by atoms with Crippen molar-refractivity contribution in [1.29, 1.82) is 0 Å². The maximum atomic E-state index is 10.3. The molecular weight excluding hydrogens is 262 g/mol. The summed E-state index contributed by atoms with van der Waals surface area (Å²) >= 11 is 5.94. The molecule has 0 amide bonds. The first-order valence-corrected chi connectivity index (χ1v) is 6.20. The first-order chi connectivity index (χ1) is 9.15. The number of aliphatic hydroxyl groups is 1. The van der Waals surface area contributed by atoms with Crippen LogP contribution in [0.5, 0.6) is 0 Å². The third-order valence-electron chi connectivity index (χ3n) is 2.97. The van der Waals surface area contributed by atoms with Crippen molar-refractivity contribution in [2.24, 2.45) is 0 Å². The van der Waals surface area contributed by atoms with Crippen LogP contribution in [0.25, 0.3) is 11.0 Å². The molecule has 96 valence electrons. The Labute approximate surface area is 114 Å². The zero-order valence-corrected chi connectivity index (χ0v) is 10.7. The van der Waals surface area contributed by atoms with Crippen molar-refractivity contribution in [3.8, 4) is 0 Å². The molecule has 0 saturated carbocycles. The normalized spacial score (nSPS) is 12.7. The van der Waals surface area contributed by atoms with Crippen molar-refractivity contribution in [3.05, 3.63) is 58.9 Å². The molecule has 1 aromatic heterocycles. The Morgan fingerprint density at radius 3 is 2.68 bits per heavy atom. The van der Waals surface area contributed by atoms with Crippen LogP contribution in [-0.2, 0) is 0 Å². The van der Waals surface area contributed by atoms with Crippen molar-refractivity contribution in [2.75, 3.05) is 5.73 Å². The quantitative estimate of drug-likeness (QED) is 0.629. The number of aromatic amines is 1. The number of benzene rings is 2. The van der Waals surface area contributed by atoms with E-state index in [0.717, 1.165) is 11.1 Å². The van der Waals surface area contributed by atoms with Gasteiger partial charge in [-0.05, 0) is 17.7 Å². The van der Waals surface area contributed by atoms with Gasteiger partial charge in [-0.15, -0.1) is 0 Å². The van der Waals surface area contributed by atoms with Crippen LogP contribution in [0.1, 0.15) is 17.5 Å². The molecule has 0 spiro atoms. The summed E-state index contributed by atoms with van der Waals surface area (Å²) in [4.78, 5) is 7.39. The number of halogens is 1. The van der Waals surface area contributed by atoms with E-state index in [1.54, 1.807) is 12.1 Å². The molecule has 0 bridgehead atoms. The number of nitrogen functional groups attached to an aromatic ring is 1. The van der Waals surface area contributed by atoms with E-state index in [1.807, 2.05) is 30.3 Å². The fourth-order valence-corrected chi connectivity index (χ4v) is 2.28. The second-order valence-electron chi connectivity index (χ2n) is 4.33. The van der Waals surface area contributed by atoms with Gasteiger partial charge in [0.25, 0.3) is 0 Å². The number of nitrogens with one attached hydrogen (secondary N) is 1. The SMILES string of the molecule is Nc1cc(Cl)cc2[nH]c(C(O)c3ccccc3)nc12. The molecule has 4 N–H and O–H groups in total. The van der Waals surface area contributed by atoms with Gasteiger partial charge in [0, 0.05) is 5.02 Å². The lowest BCUT2D eigenvalue weighted by molar-refractivity contribution is 0.211. The Morgan fingerprint density at radius 2 is 1.95 bits per heavy atom. The average Bonchev–Trinajstić information content (AvgIpc) is 2.83. The van der Waals surface area contributed by atoms with E-state index in [0.29, 0.717) is 22.1 Å². The van der Waals surface area contributed by atoms with Gasteiger partial charge in [0.15, 0.2) is 0 Å². The van der Waals surface area contributed by atoms with Crippen molar-refractivity contribution >= 4 is 28.3 Å². The highest BCUT2D eigenvalue weighted by atomic mass is 35.5. The molecule has 0 aliphatic heterocycles. The van der Waals surface area contributed by atoms with Crippen LogP contribution in [0.15, 0.2) is 42.5 Å². The molecule has 3 aromatic rings. The van der Waals surface area contributed by atoms with E-state index in [1.165, 1.54) is 0 Å². The second kappa shape index (κ2) is 4.57. The highest BCUT2D eigenvalue weighted by molar-refractivity contribution is 6.31. The van der Waals surface area contributed by atoms with Gasteiger partial charge < -0.3 is 15.8 Å². The Kier molecular flexibility index (Phi) is 2.89. The minimum absolute atomic E-state index is 0.454. The van der Waals surface area contributed by atoms with Gasteiger partial charge >= 0.3 is 0 Å². The number of aliphatic hydroxyl groups excluding tert-OH is 1. The van der Waals surface area contributed by atoms with Crippen LogP contribution >= 0.6 is 11.6 Å². The number of fused-ring (bicyclic) bond motifs is 1. The molecule has 0 aliphatic carbocycles. The molecular formula is C14H12ClN3O. The molecule has 5 heteroatoms. The number of imidazole rings is 1. The van der Waals surface area contributed by atoms with Crippen LogP contribution in [0, 0.1) is 0 Å². The van der Waals surface area contributed by atoms with Gasteiger partial charge in [-0.2, -0.15) is 0 Å². The molecule has 0 saturated heterocycles. The summed E-state index contributed by atoms with van der Waals surface area (Å²) in [5.74, 6) is 0.454. The van der Waals surface area contributed by atoms with Crippen LogP contribution in [0.4, 0.5) is 5.69 Å². The smallest absolute Gasteiger partial charge is 0.140 e. The number of anilines is 1. The monoisotopic (exact) mass is 273 g/mol. The van der Waals surface area contributed by atoms with Crippen molar-refractivity contribution in [1.82, 2.24) is 9.97 Å². The summed E-state index contributed by atoms with van der Waals surface area (Å²) in [5, 5.41) is 10.8. The fraction of sp³-hybridized carbons (Fsp3) is 0.0714. The predicted molar refractivity (Wildman–Crippen MR) is 76.0 cm³/mol. The highest BCUT2D eigenvalue weighted by Gasteiger charge is 2.15. The Hall–Kier alpha value is -2.04. The zero-order valence-electron chi connectivity index (χ0n) is 9.97. The van der Waals surface area contributed by atoms with Crippen LogP contribution < -0.4 is 5.73 Å². The van der Waals surface area contributed by atoms with Gasteiger partial charge in [-0.1, -0.05) is 41.9 Å². The van der Waals surface area contributed by atoms with Crippen LogP contribution in [0.2, 0.25) is 5.02 Å². The molecule has 2 aromatic carbocycles. The summed E-state index contributed by atoms with van der Waals surface area (Å²) in [6, 6.07) is 12.7. The van der Waals surface area contributed by atoms with E-state index >= 15 is 0 Å². The number of rotatable bonds is 2. The van der Waals surface area contributed by atoms with E-state index in [4.69, 9.17) is 17.3 Å². The highest BCUT2D eigenvalue weighted by Crippen LogP contribution is 2.27. The molecule has 3 rings (SSSR count). The summed E-state index contributed by atoms with van der Waals surface area (Å²) in [5.41, 5.74) is 8.46. The second-order valence-corrected chi connectivity index (χ2v) is 4.76. The van der Waals surface area contributed by atoms with Crippen molar-refractivity contribution < 1.29 is 5.11 Å². The van der Waals surface area contributed by atoms with Crippen LogP contribution in [-0.4, -0.2) is 15.1 Å².